The van der Waals surface area contributed by atoms with Crippen LogP contribution in [-0.4, -0.2) is 19.6 Å². The summed E-state index contributed by atoms with van der Waals surface area (Å²) in [6, 6.07) is 19.9. The second-order valence-corrected chi connectivity index (χ2v) is 8.15. The highest BCUT2D eigenvalue weighted by molar-refractivity contribution is 6.00. The van der Waals surface area contributed by atoms with Crippen molar-refractivity contribution < 1.29 is 18.7 Å². The van der Waals surface area contributed by atoms with Crippen LogP contribution in [0.3, 0.4) is 0 Å². The predicted molar refractivity (Wildman–Crippen MR) is 136 cm³/mol. The summed E-state index contributed by atoms with van der Waals surface area (Å²) in [5, 5.41) is 3.92. The maximum Gasteiger partial charge on any atom is 0.244 e. The van der Waals surface area contributed by atoms with E-state index in [2.05, 4.69) is 36.5 Å². The maximum atomic E-state index is 12.7. The van der Waals surface area contributed by atoms with E-state index in [1.165, 1.54) is 5.56 Å². The summed E-state index contributed by atoms with van der Waals surface area (Å²) in [5.41, 5.74) is 6.62. The molecule has 4 aromatic rings. The summed E-state index contributed by atoms with van der Waals surface area (Å²) in [6.07, 6.45) is 3.37. The minimum atomic E-state index is -0.183. The first-order chi connectivity index (χ1) is 16.5. The maximum absolute atomic E-state index is 12.7. The second kappa shape index (κ2) is 10.3. The molecular weight excluding hydrogens is 426 g/mol. The molecule has 4 rings (SSSR count). The van der Waals surface area contributed by atoms with Gasteiger partial charge in [-0.15, -0.1) is 0 Å². The van der Waals surface area contributed by atoms with E-state index in [0.717, 1.165) is 44.5 Å². The molecule has 0 aliphatic heterocycles. The number of hydrogen-bond donors (Lipinski definition) is 1. The van der Waals surface area contributed by atoms with Gasteiger partial charge in [0.15, 0.2) is 0 Å². The van der Waals surface area contributed by atoms with Crippen LogP contribution in [0.15, 0.2) is 77.4 Å². The molecule has 0 unspecified atom stereocenters. The average molecular weight is 456 g/mol. The topological polar surface area (TPSA) is 60.7 Å². The fourth-order valence-electron chi connectivity index (χ4n) is 3.95. The molecule has 1 amide bonds. The molecular formula is C29H29NO4. The van der Waals surface area contributed by atoms with E-state index in [1.54, 1.807) is 19.4 Å². The third kappa shape index (κ3) is 4.99. The number of carbonyl (C=O) groups excluding carboxylic acids is 1. The van der Waals surface area contributed by atoms with Crippen LogP contribution in [0, 0.1) is 6.92 Å². The number of aryl methyl sites for hydroxylation is 1. The lowest BCUT2D eigenvalue weighted by Crippen LogP contribution is -2.21. The molecule has 0 saturated carbocycles. The van der Waals surface area contributed by atoms with Crippen LogP contribution in [0.25, 0.3) is 27.7 Å². The summed E-state index contributed by atoms with van der Waals surface area (Å²) < 4.78 is 17.1. The number of fused-ring (bicyclic) bond motifs is 1. The molecule has 0 saturated heterocycles. The van der Waals surface area contributed by atoms with Crippen molar-refractivity contribution in [3.05, 3.63) is 89.7 Å². The van der Waals surface area contributed by atoms with E-state index in [4.69, 9.17) is 13.9 Å². The Kier molecular flexibility index (Phi) is 7.02. The Balaban J connectivity index is 1.64. The van der Waals surface area contributed by atoms with Crippen LogP contribution in [0.5, 0.6) is 11.5 Å². The fraction of sp³-hybridized carbons (Fsp3) is 0.207. The van der Waals surface area contributed by atoms with Gasteiger partial charge < -0.3 is 19.2 Å². The number of amides is 1. The molecule has 0 aliphatic rings. The lowest BCUT2D eigenvalue weighted by atomic mass is 9.98. The SMILES string of the molecule is CCOc1cc2occ(-c3ccc(C)cc3)c2cc1/C(C)=C/C(=O)NCc1ccccc1OC. The zero-order chi connectivity index (χ0) is 24.1. The van der Waals surface area contributed by atoms with Gasteiger partial charge in [-0.25, -0.2) is 0 Å². The minimum Gasteiger partial charge on any atom is -0.496 e. The highest BCUT2D eigenvalue weighted by Gasteiger charge is 2.15. The zero-order valence-corrected chi connectivity index (χ0v) is 20.0. The quantitative estimate of drug-likeness (QED) is 0.307. The van der Waals surface area contributed by atoms with Crippen molar-refractivity contribution in [1.82, 2.24) is 5.32 Å². The van der Waals surface area contributed by atoms with Crippen molar-refractivity contribution in [3.8, 4) is 22.6 Å². The molecule has 0 bridgehead atoms. The number of hydrogen-bond acceptors (Lipinski definition) is 4. The third-order valence-electron chi connectivity index (χ3n) is 5.76. The van der Waals surface area contributed by atoms with Gasteiger partial charge in [-0.3, -0.25) is 4.79 Å². The van der Waals surface area contributed by atoms with Gasteiger partial charge in [-0.1, -0.05) is 48.0 Å². The number of rotatable bonds is 8. The highest BCUT2D eigenvalue weighted by Crippen LogP contribution is 2.37. The number of ether oxygens (including phenoxy) is 2. The molecule has 1 heterocycles. The number of benzene rings is 3. The lowest BCUT2D eigenvalue weighted by molar-refractivity contribution is -0.116. The number of furan rings is 1. The lowest BCUT2D eigenvalue weighted by Gasteiger charge is -2.12. The minimum absolute atomic E-state index is 0.183. The summed E-state index contributed by atoms with van der Waals surface area (Å²) >= 11 is 0. The second-order valence-electron chi connectivity index (χ2n) is 8.15. The smallest absolute Gasteiger partial charge is 0.244 e. The summed E-state index contributed by atoms with van der Waals surface area (Å²) in [7, 11) is 1.62. The first-order valence-corrected chi connectivity index (χ1v) is 11.3. The molecule has 0 atom stereocenters. The van der Waals surface area contributed by atoms with Gasteiger partial charge in [0.05, 0.1) is 20.0 Å². The first kappa shape index (κ1) is 23.2. The Bertz CT molecular complexity index is 1330. The van der Waals surface area contributed by atoms with E-state index in [1.807, 2.05) is 50.2 Å². The molecule has 34 heavy (non-hydrogen) atoms. The van der Waals surface area contributed by atoms with E-state index < -0.39 is 0 Å². The Hall–Kier alpha value is -3.99. The molecule has 1 aromatic heterocycles. The van der Waals surface area contributed by atoms with Crippen LogP contribution in [-0.2, 0) is 11.3 Å². The molecule has 0 aliphatic carbocycles. The molecule has 0 spiro atoms. The van der Waals surface area contributed by atoms with Gasteiger partial charge in [0.25, 0.3) is 0 Å². The van der Waals surface area contributed by atoms with Gasteiger partial charge in [0, 0.05) is 40.8 Å². The Morgan fingerprint density at radius 2 is 1.82 bits per heavy atom. The van der Waals surface area contributed by atoms with Gasteiger partial charge in [0.2, 0.25) is 5.91 Å². The van der Waals surface area contributed by atoms with E-state index in [0.29, 0.717) is 18.9 Å². The van der Waals surface area contributed by atoms with Crippen LogP contribution in [0.2, 0.25) is 0 Å². The number of carbonyl (C=O) groups is 1. The summed E-state index contributed by atoms with van der Waals surface area (Å²) in [4.78, 5) is 12.7. The Morgan fingerprint density at radius 3 is 2.56 bits per heavy atom. The molecule has 5 nitrogen and oxygen atoms in total. The van der Waals surface area contributed by atoms with Gasteiger partial charge >= 0.3 is 0 Å². The van der Waals surface area contributed by atoms with Crippen LogP contribution >= 0.6 is 0 Å². The molecule has 3 aromatic carbocycles. The van der Waals surface area contributed by atoms with E-state index in [-0.39, 0.29) is 5.91 Å². The van der Waals surface area contributed by atoms with Crippen molar-refractivity contribution in [3.63, 3.8) is 0 Å². The van der Waals surface area contributed by atoms with Crippen molar-refractivity contribution in [2.45, 2.75) is 27.3 Å². The monoisotopic (exact) mass is 455 g/mol. The van der Waals surface area contributed by atoms with Crippen LogP contribution in [0.1, 0.15) is 30.5 Å². The Labute approximate surface area is 200 Å². The fourth-order valence-corrected chi connectivity index (χ4v) is 3.95. The molecule has 0 fully saturated rings. The number of para-hydroxylation sites is 1. The average Bonchev–Trinajstić information content (AvgIpc) is 3.26. The van der Waals surface area contributed by atoms with Crippen LogP contribution < -0.4 is 14.8 Å². The molecule has 174 valence electrons. The van der Waals surface area contributed by atoms with E-state index in [9.17, 15) is 4.79 Å². The summed E-state index contributed by atoms with van der Waals surface area (Å²) in [6.45, 7) is 6.81. The predicted octanol–water partition coefficient (Wildman–Crippen LogP) is 6.54. The molecule has 1 N–H and O–H groups in total. The highest BCUT2D eigenvalue weighted by atomic mass is 16.5. The zero-order valence-electron chi connectivity index (χ0n) is 20.0. The van der Waals surface area contributed by atoms with Crippen molar-refractivity contribution in [2.75, 3.05) is 13.7 Å². The number of nitrogens with one attached hydrogen (secondary N) is 1. The van der Waals surface area contributed by atoms with Crippen molar-refractivity contribution in [2.24, 2.45) is 0 Å². The van der Waals surface area contributed by atoms with Gasteiger partial charge in [0.1, 0.15) is 17.1 Å². The Morgan fingerprint density at radius 1 is 1.06 bits per heavy atom. The molecule has 5 heteroatoms. The molecule has 0 radical (unpaired) electrons. The standard InChI is InChI=1S/C29H29NO4/c1-5-33-27-16-28-24(25(18-34-28)21-12-10-19(2)11-13-21)15-23(27)20(3)14-29(31)30-17-22-8-6-7-9-26(22)32-4/h6-16,18H,5,17H2,1-4H3,(H,30,31)/b20-14+. The van der Waals surface area contributed by atoms with Crippen molar-refractivity contribution in [1.29, 1.82) is 0 Å². The van der Waals surface area contributed by atoms with Crippen molar-refractivity contribution >= 4 is 22.4 Å². The normalized spacial score (nSPS) is 11.5. The van der Waals surface area contributed by atoms with Crippen LogP contribution in [0.4, 0.5) is 0 Å². The van der Waals surface area contributed by atoms with E-state index >= 15 is 0 Å². The summed E-state index contributed by atoms with van der Waals surface area (Å²) in [5.74, 6) is 1.25. The third-order valence-corrected chi connectivity index (χ3v) is 5.76. The van der Waals surface area contributed by atoms with Gasteiger partial charge in [-0.05, 0) is 44.0 Å². The largest absolute Gasteiger partial charge is 0.496 e. The van der Waals surface area contributed by atoms with Gasteiger partial charge in [-0.2, -0.15) is 0 Å². The first-order valence-electron chi connectivity index (χ1n) is 11.3. The number of methoxy groups -OCH3 is 1. The number of allylic oxidation sites excluding steroid dienone is 1.